The monoisotopic (exact) mass is 100 g/mol. The molecule has 0 unspecified atom stereocenters. The summed E-state index contributed by atoms with van der Waals surface area (Å²) in [6, 6.07) is 0. The van der Waals surface area contributed by atoms with Gasteiger partial charge < -0.3 is 0 Å². The van der Waals surface area contributed by atoms with Crippen LogP contribution in [0, 0.1) is 0 Å². The van der Waals surface area contributed by atoms with E-state index in [0.29, 0.717) is 0 Å². The highest BCUT2D eigenvalue weighted by molar-refractivity contribution is 6.25. The lowest BCUT2D eigenvalue weighted by molar-refractivity contribution is 2.07. The minimum absolute atomic E-state index is 1.40. The van der Waals surface area contributed by atoms with Crippen LogP contribution < -0.4 is 0 Å². The van der Waals surface area contributed by atoms with E-state index in [0.717, 1.165) is 0 Å². The Morgan fingerprint density at radius 1 is 1.67 bits per heavy atom. The molecule has 0 saturated carbocycles. The lowest BCUT2D eigenvalue weighted by Crippen LogP contribution is -1.32. The first kappa shape index (κ1) is 5.55. The smallest absolute Gasteiger partial charge is 0.00485 e. The first-order chi connectivity index (χ1) is 2.91. The highest BCUT2D eigenvalue weighted by atomic mass is 35.5. The van der Waals surface area contributed by atoms with E-state index in [9.17, 15) is 0 Å². The molecule has 32 valence electrons. The molecule has 6 heavy (non-hydrogen) atoms. The lowest BCUT2D eigenvalue weighted by atomic mass is 10.6. The molecule has 0 aliphatic carbocycles. The second-order valence-electron chi connectivity index (χ2n) is 0.689. The predicted octanol–water partition coefficient (Wildman–Crippen LogP) is 2.08. The van der Waals surface area contributed by atoms with Crippen LogP contribution in [0.15, 0.2) is 30.0 Å². The Hall–Kier alpha value is -0.450. The quantitative estimate of drug-likeness (QED) is 0.350. The van der Waals surface area contributed by atoms with Crippen LogP contribution in [-0.4, -0.2) is 0 Å². The van der Waals surface area contributed by atoms with Gasteiger partial charge in [-0.3, -0.25) is 0 Å². The normalized spacial score (nSPS) is 8.17. The standard InChI is InChI=1S/C5H5Cl/c1-2-3-4-5-6/h3-5H,1H2/b5-4-. The van der Waals surface area contributed by atoms with Gasteiger partial charge in [-0.05, 0) is 12.2 Å². The van der Waals surface area contributed by atoms with Gasteiger partial charge in [0.1, 0.15) is 0 Å². The Morgan fingerprint density at radius 3 is 2.50 bits per heavy atom. The molecule has 0 aromatic carbocycles. The Balaban J connectivity index is 3.33. The fourth-order valence-corrected chi connectivity index (χ4v) is 0.177. The molecular weight excluding hydrogens is 95.5 g/mol. The molecule has 0 aliphatic rings. The molecule has 0 aromatic heterocycles. The average molecular weight is 101 g/mol. The van der Waals surface area contributed by atoms with Crippen LogP contribution in [0.5, 0.6) is 0 Å². The van der Waals surface area contributed by atoms with E-state index >= 15 is 0 Å². The predicted molar refractivity (Wildman–Crippen MR) is 28.7 cm³/mol. The van der Waals surface area contributed by atoms with Gasteiger partial charge in [-0.2, -0.15) is 0 Å². The molecular formula is C5H5Cl. The van der Waals surface area contributed by atoms with E-state index in [4.69, 9.17) is 11.6 Å². The SMILES string of the molecule is C=C=C/C=C\Cl. The van der Waals surface area contributed by atoms with E-state index in [1.54, 1.807) is 12.2 Å². The Morgan fingerprint density at radius 2 is 2.33 bits per heavy atom. The summed E-state index contributed by atoms with van der Waals surface area (Å²) in [6.45, 7) is 3.31. The van der Waals surface area contributed by atoms with Gasteiger partial charge in [0.05, 0.1) is 0 Å². The molecule has 0 aromatic rings. The molecule has 0 radical (unpaired) electrons. The van der Waals surface area contributed by atoms with Crippen molar-refractivity contribution in [3.05, 3.63) is 30.0 Å². The summed E-state index contributed by atoms with van der Waals surface area (Å²) < 4.78 is 0. The van der Waals surface area contributed by atoms with Crippen LogP contribution in [0.2, 0.25) is 0 Å². The zero-order valence-corrected chi connectivity index (χ0v) is 4.07. The van der Waals surface area contributed by atoms with Gasteiger partial charge >= 0.3 is 0 Å². The number of hydrogen-bond acceptors (Lipinski definition) is 0. The van der Waals surface area contributed by atoms with E-state index in [-0.39, 0.29) is 0 Å². The van der Waals surface area contributed by atoms with Gasteiger partial charge in [-0.25, -0.2) is 0 Å². The maximum atomic E-state index is 5.10. The summed E-state index contributed by atoms with van der Waals surface area (Å²) in [4.78, 5) is 0. The van der Waals surface area contributed by atoms with Crippen molar-refractivity contribution >= 4 is 11.6 Å². The number of rotatable bonds is 1. The zero-order chi connectivity index (χ0) is 4.83. The van der Waals surface area contributed by atoms with Crippen LogP contribution in [0.4, 0.5) is 0 Å². The Bertz CT molecular complexity index is 86.1. The van der Waals surface area contributed by atoms with Gasteiger partial charge in [-0.15, -0.1) is 5.73 Å². The van der Waals surface area contributed by atoms with Crippen LogP contribution >= 0.6 is 11.6 Å². The maximum absolute atomic E-state index is 5.10. The van der Waals surface area contributed by atoms with Crippen molar-refractivity contribution in [1.29, 1.82) is 0 Å². The van der Waals surface area contributed by atoms with Crippen LogP contribution in [0.25, 0.3) is 0 Å². The summed E-state index contributed by atoms with van der Waals surface area (Å²) in [5, 5.41) is 0. The van der Waals surface area contributed by atoms with E-state index in [2.05, 4.69) is 12.3 Å². The summed E-state index contributed by atoms with van der Waals surface area (Å²) in [5.41, 5.74) is 3.92. The van der Waals surface area contributed by atoms with Gasteiger partial charge in [0, 0.05) is 5.54 Å². The summed E-state index contributed by atoms with van der Waals surface area (Å²) in [5.74, 6) is 0. The highest BCUT2D eigenvalue weighted by Crippen LogP contribution is 1.75. The number of halogens is 1. The lowest BCUT2D eigenvalue weighted by Gasteiger charge is -1.55. The van der Waals surface area contributed by atoms with Gasteiger partial charge in [0.2, 0.25) is 0 Å². The fraction of sp³-hybridized carbons (Fsp3) is 0. The van der Waals surface area contributed by atoms with E-state index in [1.807, 2.05) is 0 Å². The van der Waals surface area contributed by atoms with Crippen molar-refractivity contribution in [1.82, 2.24) is 0 Å². The molecule has 0 aliphatic heterocycles. The highest BCUT2D eigenvalue weighted by Gasteiger charge is 1.47. The molecule has 0 N–H and O–H groups in total. The number of hydrogen-bond donors (Lipinski definition) is 0. The summed E-state index contributed by atoms with van der Waals surface area (Å²) in [7, 11) is 0. The maximum Gasteiger partial charge on any atom is 0.00485 e. The number of allylic oxidation sites excluding steroid dienone is 2. The van der Waals surface area contributed by atoms with Crippen molar-refractivity contribution in [2.45, 2.75) is 0 Å². The Labute approximate surface area is 42.4 Å². The topological polar surface area (TPSA) is 0 Å². The summed E-state index contributed by atoms with van der Waals surface area (Å²) >= 11 is 5.10. The summed E-state index contributed by atoms with van der Waals surface area (Å²) in [6.07, 6.45) is 3.28. The third-order valence-corrected chi connectivity index (χ3v) is 0.432. The zero-order valence-electron chi connectivity index (χ0n) is 3.32. The van der Waals surface area contributed by atoms with Gasteiger partial charge in [-0.1, -0.05) is 18.2 Å². The molecule has 0 amide bonds. The van der Waals surface area contributed by atoms with Gasteiger partial charge in [0.25, 0.3) is 0 Å². The minimum Gasteiger partial charge on any atom is -0.129 e. The third-order valence-electron chi connectivity index (χ3n) is 0.287. The second-order valence-corrected chi connectivity index (χ2v) is 0.941. The van der Waals surface area contributed by atoms with Crippen LogP contribution in [0.3, 0.4) is 0 Å². The van der Waals surface area contributed by atoms with Crippen molar-refractivity contribution in [3.63, 3.8) is 0 Å². The molecule has 1 heteroatoms. The molecule has 0 nitrogen and oxygen atoms in total. The largest absolute Gasteiger partial charge is 0.129 e. The van der Waals surface area contributed by atoms with Crippen LogP contribution in [-0.2, 0) is 0 Å². The molecule has 0 fully saturated rings. The second kappa shape index (κ2) is 4.55. The van der Waals surface area contributed by atoms with Crippen molar-refractivity contribution in [2.75, 3.05) is 0 Å². The first-order valence-corrected chi connectivity index (χ1v) is 1.96. The molecule has 0 bridgehead atoms. The van der Waals surface area contributed by atoms with Crippen LogP contribution in [0.1, 0.15) is 0 Å². The van der Waals surface area contributed by atoms with Crippen molar-refractivity contribution in [3.8, 4) is 0 Å². The molecule has 0 atom stereocenters. The van der Waals surface area contributed by atoms with E-state index in [1.165, 1.54) is 5.54 Å². The Kier molecular flexibility index (Phi) is 4.21. The minimum atomic E-state index is 1.40. The van der Waals surface area contributed by atoms with E-state index < -0.39 is 0 Å². The third kappa shape index (κ3) is 3.55. The first-order valence-electron chi connectivity index (χ1n) is 1.53. The van der Waals surface area contributed by atoms with Crippen molar-refractivity contribution in [2.24, 2.45) is 0 Å². The molecule has 0 spiro atoms. The molecule has 0 rings (SSSR count). The van der Waals surface area contributed by atoms with Crippen molar-refractivity contribution < 1.29 is 0 Å². The molecule has 0 heterocycles. The van der Waals surface area contributed by atoms with Gasteiger partial charge in [0.15, 0.2) is 0 Å². The fourth-order valence-electron chi connectivity index (χ4n) is 0.104. The average Bonchev–Trinajstić information content (AvgIpc) is 1.61. The molecule has 0 saturated heterocycles.